The predicted molar refractivity (Wildman–Crippen MR) is 119 cm³/mol. The number of carbonyl (C=O) groups is 4. The van der Waals surface area contributed by atoms with Gasteiger partial charge in [-0.3, -0.25) is 19.2 Å². The van der Waals surface area contributed by atoms with Gasteiger partial charge in [0.1, 0.15) is 5.75 Å². The molecule has 1 aliphatic heterocycles. The molecular formula is C24H34N2O6. The van der Waals surface area contributed by atoms with E-state index in [0.717, 1.165) is 5.56 Å². The smallest absolute Gasteiger partial charge is 0.252 e. The molecule has 2 rings (SSSR count). The van der Waals surface area contributed by atoms with Gasteiger partial charge < -0.3 is 20.5 Å². The number of phenolic OH excluding ortho intramolecular Hbond substituents is 1. The first-order valence-corrected chi connectivity index (χ1v) is 11.2. The molecule has 0 saturated carbocycles. The van der Waals surface area contributed by atoms with Crippen LogP contribution in [0, 0.1) is 5.92 Å². The number of phenols is 1. The Bertz CT molecular complexity index is 805. The summed E-state index contributed by atoms with van der Waals surface area (Å²) in [7, 11) is 0. The first-order chi connectivity index (χ1) is 15.2. The molecule has 0 bridgehead atoms. The largest absolute Gasteiger partial charge is 0.508 e. The van der Waals surface area contributed by atoms with Gasteiger partial charge in [0.2, 0.25) is 5.91 Å². The monoisotopic (exact) mass is 446 g/mol. The van der Waals surface area contributed by atoms with Crippen LogP contribution in [0.25, 0.3) is 0 Å². The number of ketones is 2. The number of benzene rings is 1. The molecule has 3 atom stereocenters. The summed E-state index contributed by atoms with van der Waals surface area (Å²) in [5.74, 6) is -0.373. The van der Waals surface area contributed by atoms with Crippen LogP contribution in [-0.4, -0.2) is 53.3 Å². The minimum absolute atomic E-state index is 0.0881. The number of amides is 2. The molecule has 1 heterocycles. The fraction of sp³-hybridized carbons (Fsp3) is 0.583. The van der Waals surface area contributed by atoms with Crippen molar-refractivity contribution in [1.29, 1.82) is 0 Å². The third kappa shape index (κ3) is 8.78. The first-order valence-electron chi connectivity index (χ1n) is 11.2. The van der Waals surface area contributed by atoms with Crippen LogP contribution in [0.15, 0.2) is 24.3 Å². The summed E-state index contributed by atoms with van der Waals surface area (Å²) in [5.41, 5.74) is 1.02. The molecule has 32 heavy (non-hydrogen) atoms. The van der Waals surface area contributed by atoms with Crippen LogP contribution >= 0.6 is 0 Å². The first kappa shape index (κ1) is 25.5. The molecule has 1 aliphatic rings. The third-order valence-electron chi connectivity index (χ3n) is 5.28. The van der Waals surface area contributed by atoms with Crippen molar-refractivity contribution < 1.29 is 29.0 Å². The van der Waals surface area contributed by atoms with E-state index in [-0.39, 0.29) is 35.6 Å². The highest BCUT2D eigenvalue weighted by Gasteiger charge is 2.50. The predicted octanol–water partition coefficient (Wildman–Crippen LogP) is 2.07. The summed E-state index contributed by atoms with van der Waals surface area (Å²) in [6, 6.07) is 6.21. The van der Waals surface area contributed by atoms with Crippen molar-refractivity contribution in [3.05, 3.63) is 29.8 Å². The van der Waals surface area contributed by atoms with Gasteiger partial charge >= 0.3 is 0 Å². The van der Waals surface area contributed by atoms with Gasteiger partial charge in [0.05, 0.1) is 6.04 Å². The molecule has 1 unspecified atom stereocenters. The van der Waals surface area contributed by atoms with Crippen LogP contribution < -0.4 is 10.6 Å². The topological polar surface area (TPSA) is 125 Å². The molecule has 176 valence electrons. The quantitative estimate of drug-likeness (QED) is 0.297. The van der Waals surface area contributed by atoms with Gasteiger partial charge in [0, 0.05) is 26.3 Å². The minimum Gasteiger partial charge on any atom is -0.508 e. The molecule has 0 aliphatic carbocycles. The Morgan fingerprint density at radius 3 is 2.34 bits per heavy atom. The van der Waals surface area contributed by atoms with E-state index in [9.17, 15) is 24.3 Å². The number of nitrogens with one attached hydrogen (secondary N) is 2. The lowest BCUT2D eigenvalue weighted by molar-refractivity contribution is -0.129. The molecule has 2 amide bonds. The zero-order valence-corrected chi connectivity index (χ0v) is 19.1. The van der Waals surface area contributed by atoms with E-state index >= 15 is 0 Å². The summed E-state index contributed by atoms with van der Waals surface area (Å²) >= 11 is 0. The second-order valence-corrected chi connectivity index (χ2v) is 8.71. The highest BCUT2D eigenvalue weighted by molar-refractivity contribution is 5.98. The minimum atomic E-state index is -0.835. The van der Waals surface area contributed by atoms with Crippen LogP contribution in [0.2, 0.25) is 0 Å². The molecule has 1 fully saturated rings. The van der Waals surface area contributed by atoms with Crippen molar-refractivity contribution >= 4 is 23.4 Å². The standard InChI is InChI=1S/C24H34N2O6/c1-15(2)14-19(20(29)8-5-13-25-16(3)27)26-24(31)23-22(32-23)21(30)7-4-6-17-9-11-18(28)12-10-17/h9-12,15,19,22-23,28H,4-8,13-14H2,1-3H3,(H,25,27)(H,26,31)/t19-,22+,23?/m0/s1. The van der Waals surface area contributed by atoms with Crippen LogP contribution in [-0.2, 0) is 30.3 Å². The number of aryl methyl sites for hydroxylation is 1. The Morgan fingerprint density at radius 1 is 1.03 bits per heavy atom. The Hall–Kier alpha value is -2.74. The Balaban J connectivity index is 1.76. The summed E-state index contributed by atoms with van der Waals surface area (Å²) in [5, 5.41) is 14.7. The van der Waals surface area contributed by atoms with Gasteiger partial charge in [-0.25, -0.2) is 0 Å². The number of hydrogen-bond donors (Lipinski definition) is 3. The maximum atomic E-state index is 12.6. The number of ether oxygens (including phenoxy) is 1. The van der Waals surface area contributed by atoms with Crippen molar-refractivity contribution in [3.63, 3.8) is 0 Å². The van der Waals surface area contributed by atoms with E-state index in [2.05, 4.69) is 10.6 Å². The third-order valence-corrected chi connectivity index (χ3v) is 5.28. The van der Waals surface area contributed by atoms with Crippen LogP contribution in [0.5, 0.6) is 5.75 Å². The van der Waals surface area contributed by atoms with Gasteiger partial charge in [-0.1, -0.05) is 26.0 Å². The summed E-state index contributed by atoms with van der Waals surface area (Å²) in [4.78, 5) is 48.4. The van der Waals surface area contributed by atoms with E-state index in [4.69, 9.17) is 4.74 Å². The maximum absolute atomic E-state index is 12.6. The van der Waals surface area contributed by atoms with Crippen molar-refractivity contribution in [2.45, 2.75) is 77.5 Å². The van der Waals surface area contributed by atoms with Crippen molar-refractivity contribution in [2.75, 3.05) is 6.54 Å². The number of Topliss-reactive ketones (excluding diaryl/α,β-unsaturated/α-hetero) is 2. The molecule has 0 spiro atoms. The van der Waals surface area contributed by atoms with Gasteiger partial charge in [-0.05, 0) is 49.3 Å². The zero-order chi connectivity index (χ0) is 23.7. The molecule has 3 N–H and O–H groups in total. The Morgan fingerprint density at radius 2 is 1.72 bits per heavy atom. The number of rotatable bonds is 14. The van der Waals surface area contributed by atoms with Gasteiger partial charge in [0.15, 0.2) is 23.8 Å². The number of aromatic hydroxyl groups is 1. The highest BCUT2D eigenvalue weighted by atomic mass is 16.6. The summed E-state index contributed by atoms with van der Waals surface area (Å²) in [6.45, 7) is 5.77. The zero-order valence-electron chi connectivity index (χ0n) is 19.1. The summed E-state index contributed by atoms with van der Waals surface area (Å²) < 4.78 is 5.32. The molecule has 1 saturated heterocycles. The second-order valence-electron chi connectivity index (χ2n) is 8.71. The van der Waals surface area contributed by atoms with E-state index in [1.54, 1.807) is 12.1 Å². The molecule has 0 radical (unpaired) electrons. The molecular weight excluding hydrogens is 412 g/mol. The second kappa shape index (κ2) is 12.3. The lowest BCUT2D eigenvalue weighted by Crippen LogP contribution is -2.44. The lowest BCUT2D eigenvalue weighted by Gasteiger charge is -2.19. The molecule has 1 aromatic rings. The molecule has 0 aromatic heterocycles. The van der Waals surface area contributed by atoms with Crippen molar-refractivity contribution in [3.8, 4) is 5.75 Å². The van der Waals surface area contributed by atoms with E-state index in [1.807, 2.05) is 26.0 Å². The number of carbonyl (C=O) groups excluding carboxylic acids is 4. The SMILES string of the molecule is CC(=O)NCCCC(=O)[C@H](CC(C)C)NC(=O)C1O[C@@H]1C(=O)CCCc1ccc(O)cc1. The van der Waals surface area contributed by atoms with Gasteiger partial charge in [0.25, 0.3) is 5.91 Å². The lowest BCUT2D eigenvalue weighted by atomic mass is 9.97. The fourth-order valence-corrected chi connectivity index (χ4v) is 3.53. The fourth-order valence-electron chi connectivity index (χ4n) is 3.53. The van der Waals surface area contributed by atoms with Gasteiger partial charge in [-0.15, -0.1) is 0 Å². The number of hydrogen-bond acceptors (Lipinski definition) is 6. The number of epoxide rings is 1. The van der Waals surface area contributed by atoms with Crippen LogP contribution in [0.4, 0.5) is 0 Å². The van der Waals surface area contributed by atoms with Crippen LogP contribution in [0.3, 0.4) is 0 Å². The average molecular weight is 447 g/mol. The van der Waals surface area contributed by atoms with Crippen LogP contribution in [0.1, 0.15) is 58.4 Å². The normalized spacial score (nSPS) is 18.1. The highest BCUT2D eigenvalue weighted by Crippen LogP contribution is 2.26. The maximum Gasteiger partial charge on any atom is 0.252 e. The van der Waals surface area contributed by atoms with Crippen molar-refractivity contribution in [2.24, 2.45) is 5.92 Å². The van der Waals surface area contributed by atoms with E-state index < -0.39 is 24.2 Å². The Kier molecular flexibility index (Phi) is 9.84. The summed E-state index contributed by atoms with van der Waals surface area (Å²) in [6.07, 6.45) is 1.30. The molecule has 8 heteroatoms. The average Bonchev–Trinajstić information content (AvgIpc) is 3.52. The van der Waals surface area contributed by atoms with E-state index in [0.29, 0.717) is 38.6 Å². The van der Waals surface area contributed by atoms with Gasteiger partial charge in [-0.2, -0.15) is 0 Å². The molecule has 1 aromatic carbocycles. The molecule has 8 nitrogen and oxygen atoms in total. The Labute approximate surface area is 189 Å². The van der Waals surface area contributed by atoms with E-state index in [1.165, 1.54) is 6.92 Å². The van der Waals surface area contributed by atoms with Crippen molar-refractivity contribution in [1.82, 2.24) is 10.6 Å².